The minimum atomic E-state index is -0.676. The van der Waals surface area contributed by atoms with Gasteiger partial charge >= 0.3 is 11.9 Å². The number of allylic oxidation sites excluding steroid dienone is 2. The average Bonchev–Trinajstić information content (AvgIpc) is 2.54. The van der Waals surface area contributed by atoms with E-state index in [1.807, 2.05) is 0 Å². The Morgan fingerprint density at radius 3 is 2.48 bits per heavy atom. The summed E-state index contributed by atoms with van der Waals surface area (Å²) in [4.78, 5) is 35.2. The van der Waals surface area contributed by atoms with Gasteiger partial charge in [0.1, 0.15) is 11.3 Å². The highest BCUT2D eigenvalue weighted by atomic mass is 16.5. The van der Waals surface area contributed by atoms with Crippen molar-refractivity contribution in [1.82, 2.24) is 0 Å². The summed E-state index contributed by atoms with van der Waals surface area (Å²) in [6.45, 7) is 3.84. The second-order valence-electron chi connectivity index (χ2n) is 4.72. The molecule has 0 unspecified atom stereocenters. The van der Waals surface area contributed by atoms with Crippen LogP contribution in [0.4, 0.5) is 5.69 Å². The molecule has 0 bridgehead atoms. The molecule has 1 aliphatic heterocycles. The minimum absolute atomic E-state index is 0.0725. The van der Waals surface area contributed by atoms with Crippen LogP contribution in [0.2, 0.25) is 0 Å². The van der Waals surface area contributed by atoms with Crippen LogP contribution in [0.1, 0.15) is 30.6 Å². The third-order valence-corrected chi connectivity index (χ3v) is 3.13. The molecular weight excluding hydrogens is 298 g/mol. The molecular formula is C17H17NO5. The maximum atomic E-state index is 11.9. The van der Waals surface area contributed by atoms with E-state index in [2.05, 4.69) is 5.32 Å². The van der Waals surface area contributed by atoms with Crippen LogP contribution in [0, 0.1) is 0 Å². The van der Waals surface area contributed by atoms with Crippen molar-refractivity contribution in [3.05, 3.63) is 53.4 Å². The SMILES string of the molecule is CCOC(=O)c1ccc(NC=C2C(=O)C=C(CC)OC2=O)cc1. The van der Waals surface area contributed by atoms with Gasteiger partial charge in [0.2, 0.25) is 0 Å². The summed E-state index contributed by atoms with van der Waals surface area (Å²) < 4.78 is 9.90. The smallest absolute Gasteiger partial charge is 0.348 e. The van der Waals surface area contributed by atoms with Gasteiger partial charge in [-0.1, -0.05) is 6.92 Å². The third-order valence-electron chi connectivity index (χ3n) is 3.13. The molecule has 6 nitrogen and oxygen atoms in total. The van der Waals surface area contributed by atoms with Crippen LogP contribution in [0.5, 0.6) is 0 Å². The van der Waals surface area contributed by atoms with Gasteiger partial charge < -0.3 is 14.8 Å². The van der Waals surface area contributed by atoms with Gasteiger partial charge in [-0.15, -0.1) is 0 Å². The largest absolute Gasteiger partial charge is 0.462 e. The van der Waals surface area contributed by atoms with Gasteiger partial charge in [-0.05, 0) is 31.2 Å². The van der Waals surface area contributed by atoms with E-state index < -0.39 is 17.7 Å². The van der Waals surface area contributed by atoms with Crippen LogP contribution >= 0.6 is 0 Å². The number of ketones is 1. The molecule has 1 aromatic rings. The van der Waals surface area contributed by atoms with Crippen molar-refractivity contribution in [2.45, 2.75) is 20.3 Å². The van der Waals surface area contributed by atoms with E-state index >= 15 is 0 Å². The molecule has 0 aliphatic carbocycles. The highest BCUT2D eigenvalue weighted by molar-refractivity contribution is 6.23. The molecule has 1 N–H and O–H groups in total. The van der Waals surface area contributed by atoms with Crippen LogP contribution in [-0.4, -0.2) is 24.3 Å². The lowest BCUT2D eigenvalue weighted by Crippen LogP contribution is -2.21. The van der Waals surface area contributed by atoms with Crippen molar-refractivity contribution in [3.8, 4) is 0 Å². The maximum absolute atomic E-state index is 11.9. The highest BCUT2D eigenvalue weighted by Crippen LogP contribution is 2.17. The molecule has 23 heavy (non-hydrogen) atoms. The topological polar surface area (TPSA) is 81.7 Å². The number of hydrogen-bond acceptors (Lipinski definition) is 6. The number of anilines is 1. The van der Waals surface area contributed by atoms with Gasteiger partial charge in [-0.2, -0.15) is 0 Å². The Kier molecular flexibility index (Phi) is 5.30. The molecule has 0 radical (unpaired) electrons. The van der Waals surface area contributed by atoms with Crippen LogP contribution < -0.4 is 5.32 Å². The summed E-state index contributed by atoms with van der Waals surface area (Å²) in [7, 11) is 0. The predicted octanol–water partition coefficient (Wildman–Crippen LogP) is 2.58. The van der Waals surface area contributed by atoms with Crippen molar-refractivity contribution < 1.29 is 23.9 Å². The first-order chi connectivity index (χ1) is 11.0. The lowest BCUT2D eigenvalue weighted by Gasteiger charge is -2.13. The second-order valence-corrected chi connectivity index (χ2v) is 4.72. The fourth-order valence-corrected chi connectivity index (χ4v) is 1.90. The van der Waals surface area contributed by atoms with E-state index in [0.717, 1.165) is 0 Å². The lowest BCUT2D eigenvalue weighted by atomic mass is 10.1. The van der Waals surface area contributed by atoms with Crippen molar-refractivity contribution >= 4 is 23.4 Å². The fraction of sp³-hybridized carbons (Fsp3) is 0.235. The number of benzene rings is 1. The van der Waals surface area contributed by atoms with Gasteiger partial charge in [0.15, 0.2) is 5.78 Å². The molecule has 120 valence electrons. The molecule has 0 saturated heterocycles. The summed E-state index contributed by atoms with van der Waals surface area (Å²) in [6.07, 6.45) is 3.08. The van der Waals surface area contributed by atoms with Crippen molar-refractivity contribution in [1.29, 1.82) is 0 Å². The Morgan fingerprint density at radius 2 is 1.91 bits per heavy atom. The molecule has 0 saturated carbocycles. The second kappa shape index (κ2) is 7.40. The first kappa shape index (κ1) is 16.5. The number of esters is 2. The molecule has 2 rings (SSSR count). The molecule has 1 aliphatic rings. The predicted molar refractivity (Wildman–Crippen MR) is 83.6 cm³/mol. The number of carbonyl (C=O) groups is 3. The normalized spacial score (nSPS) is 15.9. The Balaban J connectivity index is 2.08. The summed E-state index contributed by atoms with van der Waals surface area (Å²) in [5, 5.41) is 2.84. The number of carbonyl (C=O) groups excluding carboxylic acids is 3. The van der Waals surface area contributed by atoms with Crippen molar-refractivity contribution in [2.24, 2.45) is 0 Å². The van der Waals surface area contributed by atoms with E-state index in [4.69, 9.17) is 9.47 Å². The molecule has 0 spiro atoms. The number of ether oxygens (including phenoxy) is 2. The van der Waals surface area contributed by atoms with E-state index in [9.17, 15) is 14.4 Å². The Hall–Kier alpha value is -2.89. The molecule has 0 fully saturated rings. The highest BCUT2D eigenvalue weighted by Gasteiger charge is 2.25. The quantitative estimate of drug-likeness (QED) is 0.511. The summed E-state index contributed by atoms with van der Waals surface area (Å²) in [6, 6.07) is 6.48. The molecule has 0 amide bonds. The van der Waals surface area contributed by atoms with Crippen molar-refractivity contribution in [2.75, 3.05) is 11.9 Å². The van der Waals surface area contributed by atoms with Crippen molar-refractivity contribution in [3.63, 3.8) is 0 Å². The Bertz CT molecular complexity index is 685. The van der Waals surface area contributed by atoms with Gasteiger partial charge in [0.25, 0.3) is 0 Å². The Morgan fingerprint density at radius 1 is 1.22 bits per heavy atom. The molecule has 0 aromatic heterocycles. The van der Waals surface area contributed by atoms with Gasteiger partial charge in [0.05, 0.1) is 12.2 Å². The van der Waals surface area contributed by atoms with Gasteiger partial charge in [-0.25, -0.2) is 9.59 Å². The number of nitrogens with one attached hydrogen (secondary N) is 1. The fourth-order valence-electron chi connectivity index (χ4n) is 1.90. The maximum Gasteiger partial charge on any atom is 0.348 e. The monoisotopic (exact) mass is 315 g/mol. The van der Waals surface area contributed by atoms with Gasteiger partial charge in [0, 0.05) is 24.4 Å². The summed E-state index contributed by atoms with van der Waals surface area (Å²) in [5.74, 6) is -1.12. The average molecular weight is 315 g/mol. The third kappa shape index (κ3) is 4.06. The molecule has 6 heteroatoms. The van der Waals surface area contributed by atoms with Crippen LogP contribution in [0.25, 0.3) is 0 Å². The minimum Gasteiger partial charge on any atom is -0.462 e. The number of cyclic esters (lactones) is 1. The summed E-state index contributed by atoms with van der Waals surface area (Å²) in [5.41, 5.74) is 0.974. The van der Waals surface area contributed by atoms with E-state index in [0.29, 0.717) is 30.0 Å². The molecule has 1 heterocycles. The lowest BCUT2D eigenvalue weighted by molar-refractivity contribution is -0.137. The zero-order chi connectivity index (χ0) is 16.8. The van der Waals surface area contributed by atoms with Gasteiger partial charge in [-0.3, -0.25) is 4.79 Å². The number of rotatable bonds is 5. The summed E-state index contributed by atoms with van der Waals surface area (Å²) >= 11 is 0. The number of hydrogen-bond donors (Lipinski definition) is 1. The molecule has 1 aromatic carbocycles. The van der Waals surface area contributed by atoms with E-state index in [1.165, 1.54) is 12.3 Å². The first-order valence-electron chi connectivity index (χ1n) is 7.26. The zero-order valence-electron chi connectivity index (χ0n) is 12.9. The van der Waals surface area contributed by atoms with Crippen LogP contribution in [-0.2, 0) is 19.1 Å². The standard InChI is InChI=1S/C17H17NO5/c1-3-13-9-15(19)14(17(21)23-13)10-18-12-7-5-11(6-8-12)16(20)22-4-2/h5-10,18H,3-4H2,1-2H3. The van der Waals surface area contributed by atoms with E-state index in [-0.39, 0.29) is 5.57 Å². The van der Waals surface area contributed by atoms with Crippen LogP contribution in [0.15, 0.2) is 47.9 Å². The Labute approximate surface area is 133 Å². The van der Waals surface area contributed by atoms with E-state index in [1.54, 1.807) is 38.1 Å². The molecule has 0 atom stereocenters. The van der Waals surface area contributed by atoms with Crippen LogP contribution in [0.3, 0.4) is 0 Å². The first-order valence-corrected chi connectivity index (χ1v) is 7.26. The zero-order valence-corrected chi connectivity index (χ0v) is 12.9.